The molecular formula is C26H32N2O8S. The van der Waals surface area contributed by atoms with E-state index in [0.717, 1.165) is 12.0 Å². The van der Waals surface area contributed by atoms with Gasteiger partial charge in [0.15, 0.2) is 6.29 Å². The van der Waals surface area contributed by atoms with Gasteiger partial charge in [-0.25, -0.2) is 13.2 Å². The molecule has 0 saturated carbocycles. The molecule has 2 fully saturated rings. The minimum atomic E-state index is -3.90. The molecule has 0 spiro atoms. The van der Waals surface area contributed by atoms with Crippen LogP contribution in [0.15, 0.2) is 53.4 Å². The van der Waals surface area contributed by atoms with Crippen molar-refractivity contribution in [3.63, 3.8) is 0 Å². The summed E-state index contributed by atoms with van der Waals surface area (Å²) in [6.07, 6.45) is -1.70. The molecule has 1 unspecified atom stereocenters. The molecule has 0 aliphatic carbocycles. The quantitative estimate of drug-likeness (QED) is 0.493. The number of aliphatic hydroxyl groups is 1. The fraction of sp³-hybridized carbons (Fsp3) is 0.500. The maximum absolute atomic E-state index is 13.3. The zero-order valence-corrected chi connectivity index (χ0v) is 21.3. The van der Waals surface area contributed by atoms with E-state index in [1.165, 1.54) is 22.5 Å². The van der Waals surface area contributed by atoms with Crippen molar-refractivity contribution in [1.82, 2.24) is 9.62 Å². The number of aromatic hydroxyl groups is 1. The Hall–Kier alpha value is -2.70. The van der Waals surface area contributed by atoms with Gasteiger partial charge >= 0.3 is 6.09 Å². The Morgan fingerprint density at radius 1 is 1.22 bits per heavy atom. The van der Waals surface area contributed by atoms with Gasteiger partial charge in [0.1, 0.15) is 11.9 Å². The number of sulfonamides is 1. The lowest BCUT2D eigenvalue weighted by Gasteiger charge is -2.35. The van der Waals surface area contributed by atoms with Crippen LogP contribution in [0.5, 0.6) is 5.75 Å². The highest BCUT2D eigenvalue weighted by Gasteiger charge is 2.44. The number of hydrogen-bond donors (Lipinski definition) is 3. The number of hydrogen-bond acceptors (Lipinski definition) is 8. The molecule has 10 nitrogen and oxygen atoms in total. The number of carbonyl (C=O) groups is 1. The average molecular weight is 533 g/mol. The van der Waals surface area contributed by atoms with Crippen LogP contribution in [-0.4, -0.2) is 79.9 Å². The number of aliphatic hydroxyl groups excluding tert-OH is 1. The van der Waals surface area contributed by atoms with Crippen molar-refractivity contribution < 1.29 is 37.6 Å². The molecule has 6 atom stereocenters. The highest BCUT2D eigenvalue weighted by atomic mass is 32.2. The molecule has 2 aromatic rings. The van der Waals surface area contributed by atoms with E-state index in [4.69, 9.17) is 14.2 Å². The smallest absolute Gasteiger partial charge is 0.407 e. The average Bonchev–Trinajstić information content (AvgIpc) is 3.48. The number of rotatable bonds is 7. The Kier molecular flexibility index (Phi) is 7.42. The second-order valence-corrected chi connectivity index (χ2v) is 11.8. The van der Waals surface area contributed by atoms with Gasteiger partial charge in [-0.15, -0.1) is 0 Å². The van der Waals surface area contributed by atoms with Crippen LogP contribution < -0.4 is 5.32 Å². The molecular weight excluding hydrogens is 500 g/mol. The summed E-state index contributed by atoms with van der Waals surface area (Å²) in [5, 5.41) is 23.8. The van der Waals surface area contributed by atoms with Gasteiger partial charge < -0.3 is 29.7 Å². The number of amides is 1. The summed E-state index contributed by atoms with van der Waals surface area (Å²) in [6, 6.07) is 12.7. The summed E-state index contributed by atoms with van der Waals surface area (Å²) < 4.78 is 44.5. The van der Waals surface area contributed by atoms with Crippen molar-refractivity contribution >= 4 is 16.1 Å². The van der Waals surface area contributed by atoms with Gasteiger partial charge in [0.2, 0.25) is 10.0 Å². The number of nitrogens with one attached hydrogen (secondary N) is 1. The van der Waals surface area contributed by atoms with E-state index < -0.39 is 34.4 Å². The number of β-amino-alcohol motifs (C(OH)–C–C–N with tert-alkyl or cyclic N) is 1. The van der Waals surface area contributed by atoms with Crippen molar-refractivity contribution in [1.29, 1.82) is 0 Å². The Balaban J connectivity index is 1.31. The first-order valence-corrected chi connectivity index (χ1v) is 13.9. The van der Waals surface area contributed by atoms with E-state index >= 15 is 0 Å². The summed E-state index contributed by atoms with van der Waals surface area (Å²) in [6.45, 7) is 2.59. The highest BCUT2D eigenvalue weighted by molar-refractivity contribution is 7.89. The standard InChI is InChI=1S/C26H32N2O8S/c1-16-13-28(37(32,33)24-8-7-18(29)12-20(16)24)14-22(30)21(11-17-5-3-2-4-6-17)27-26(31)36-23-15-35-25-19(23)9-10-34-25/h2-8,12,16,19,21-23,25,29-30H,9-11,13-15H2,1H3,(H,27,31)/t16?,19-,21-,22+,23-,25+/m0/s1. The lowest BCUT2D eigenvalue weighted by molar-refractivity contribution is -0.0907. The highest BCUT2D eigenvalue weighted by Crippen LogP contribution is 2.36. The molecule has 2 saturated heterocycles. The molecule has 0 aromatic heterocycles. The minimum Gasteiger partial charge on any atom is -0.508 e. The molecule has 5 rings (SSSR count). The third kappa shape index (κ3) is 5.46. The Bertz CT molecular complexity index is 1220. The van der Waals surface area contributed by atoms with E-state index in [0.29, 0.717) is 12.2 Å². The lowest BCUT2D eigenvalue weighted by Crippen LogP contribution is -2.52. The van der Waals surface area contributed by atoms with Crippen molar-refractivity contribution in [2.24, 2.45) is 5.92 Å². The van der Waals surface area contributed by atoms with Crippen molar-refractivity contribution in [2.45, 2.75) is 55.1 Å². The van der Waals surface area contributed by atoms with Gasteiger partial charge in [0.25, 0.3) is 0 Å². The largest absolute Gasteiger partial charge is 0.508 e. The SMILES string of the molecule is CC1CN(C[C@@H](O)[C@H](Cc2ccccc2)NC(=O)O[C@H]2CO[C@H]3OCC[C@H]32)S(=O)(=O)c2ccc(O)cc21. The van der Waals surface area contributed by atoms with Crippen LogP contribution in [-0.2, 0) is 30.7 Å². The number of nitrogens with zero attached hydrogens (tertiary/aromatic N) is 1. The number of alkyl carbamates (subject to hydrolysis) is 1. The second kappa shape index (κ2) is 10.6. The van der Waals surface area contributed by atoms with Crippen molar-refractivity contribution in [2.75, 3.05) is 26.3 Å². The van der Waals surface area contributed by atoms with E-state index in [9.17, 15) is 23.4 Å². The predicted octanol–water partition coefficient (Wildman–Crippen LogP) is 1.96. The van der Waals surface area contributed by atoms with E-state index in [1.807, 2.05) is 37.3 Å². The molecule has 200 valence electrons. The molecule has 2 aromatic carbocycles. The maximum atomic E-state index is 13.3. The number of benzene rings is 2. The van der Waals surface area contributed by atoms with Crippen LogP contribution in [0.3, 0.4) is 0 Å². The summed E-state index contributed by atoms with van der Waals surface area (Å²) in [5.74, 6) is -0.210. The molecule has 3 N–H and O–H groups in total. The first-order valence-electron chi connectivity index (χ1n) is 12.5. The Labute approximate surface area is 216 Å². The summed E-state index contributed by atoms with van der Waals surface area (Å²) in [7, 11) is -3.90. The number of fused-ring (bicyclic) bond motifs is 2. The maximum Gasteiger partial charge on any atom is 0.407 e. The number of carbonyl (C=O) groups excluding carboxylic acids is 1. The lowest BCUT2D eigenvalue weighted by atomic mass is 9.99. The first kappa shape index (κ1) is 25.9. The van der Waals surface area contributed by atoms with Crippen LogP contribution in [0.2, 0.25) is 0 Å². The fourth-order valence-corrected chi connectivity index (χ4v) is 7.17. The van der Waals surface area contributed by atoms with E-state index in [2.05, 4.69) is 5.32 Å². The van der Waals surface area contributed by atoms with Crippen LogP contribution in [0.1, 0.15) is 30.4 Å². The van der Waals surface area contributed by atoms with Gasteiger partial charge in [0, 0.05) is 13.1 Å². The molecule has 37 heavy (non-hydrogen) atoms. The van der Waals surface area contributed by atoms with Gasteiger partial charge in [-0.2, -0.15) is 4.31 Å². The van der Waals surface area contributed by atoms with Gasteiger partial charge in [-0.05, 0) is 48.1 Å². The molecule has 0 radical (unpaired) electrons. The summed E-state index contributed by atoms with van der Waals surface area (Å²) >= 11 is 0. The monoisotopic (exact) mass is 532 g/mol. The Morgan fingerprint density at radius 3 is 2.78 bits per heavy atom. The number of phenols is 1. The predicted molar refractivity (Wildman–Crippen MR) is 132 cm³/mol. The van der Waals surface area contributed by atoms with Crippen molar-refractivity contribution in [3.8, 4) is 5.75 Å². The molecule has 3 heterocycles. The van der Waals surface area contributed by atoms with Crippen LogP contribution in [0.25, 0.3) is 0 Å². The molecule has 11 heteroatoms. The summed E-state index contributed by atoms with van der Waals surface area (Å²) in [4.78, 5) is 13.0. The molecule has 3 aliphatic rings. The molecule has 0 bridgehead atoms. The first-order chi connectivity index (χ1) is 17.7. The van der Waals surface area contributed by atoms with Crippen LogP contribution in [0.4, 0.5) is 4.79 Å². The van der Waals surface area contributed by atoms with E-state index in [-0.39, 0.29) is 54.9 Å². The summed E-state index contributed by atoms with van der Waals surface area (Å²) in [5.41, 5.74) is 1.41. The number of phenolic OH excluding ortho intramolecular Hbond substituents is 1. The number of ether oxygens (including phenoxy) is 3. The topological polar surface area (TPSA) is 135 Å². The second-order valence-electron chi connectivity index (χ2n) is 9.92. The molecule has 1 amide bonds. The van der Waals surface area contributed by atoms with Crippen LogP contribution >= 0.6 is 0 Å². The normalized spacial score (nSPS) is 28.2. The zero-order valence-electron chi connectivity index (χ0n) is 20.5. The Morgan fingerprint density at radius 2 is 2.00 bits per heavy atom. The van der Waals surface area contributed by atoms with Crippen LogP contribution in [0, 0.1) is 5.92 Å². The minimum absolute atomic E-state index is 0.00284. The third-order valence-corrected chi connectivity index (χ3v) is 9.23. The van der Waals surface area contributed by atoms with Gasteiger partial charge in [-0.3, -0.25) is 0 Å². The zero-order chi connectivity index (χ0) is 26.2. The molecule has 3 aliphatic heterocycles. The van der Waals surface area contributed by atoms with Gasteiger partial charge in [-0.1, -0.05) is 37.3 Å². The van der Waals surface area contributed by atoms with Gasteiger partial charge in [0.05, 0.1) is 36.2 Å². The van der Waals surface area contributed by atoms with Crippen molar-refractivity contribution in [3.05, 3.63) is 59.7 Å². The fourth-order valence-electron chi connectivity index (χ4n) is 5.33. The third-order valence-electron chi connectivity index (χ3n) is 7.32. The van der Waals surface area contributed by atoms with E-state index in [1.54, 1.807) is 0 Å².